The molecule has 0 fully saturated rings. The van der Waals surface area contributed by atoms with Crippen molar-refractivity contribution in [3.8, 4) is 33.4 Å². The largest absolute Gasteiger partial charge is 0.310 e. The zero-order chi connectivity index (χ0) is 29.7. The van der Waals surface area contributed by atoms with Crippen LogP contribution in [0.3, 0.4) is 0 Å². The molecule has 0 radical (unpaired) electrons. The quantitative estimate of drug-likeness (QED) is 0.201. The van der Waals surface area contributed by atoms with E-state index in [2.05, 4.69) is 183 Å². The van der Waals surface area contributed by atoms with Gasteiger partial charge in [-0.25, -0.2) is 0 Å². The molecule has 0 unspecified atom stereocenters. The molecule has 1 aliphatic carbocycles. The Bertz CT molecular complexity index is 2020. The standard InChI is InChI=1S/C43H33N/c1-43(2)40-18-10-9-17-37(40)39-29-38-34(28-41(39)43)16-11-19-42(38)44(35-24-20-32(21-25-35)30-12-5-3-6-13-30)36-26-22-33(23-27-36)31-14-7-4-8-15-31/h3-29H,1-2H3. The Morgan fingerprint density at radius 2 is 0.932 bits per heavy atom. The van der Waals surface area contributed by atoms with E-state index in [9.17, 15) is 0 Å². The van der Waals surface area contributed by atoms with Crippen LogP contribution in [-0.4, -0.2) is 0 Å². The van der Waals surface area contributed by atoms with Crippen molar-refractivity contribution in [2.24, 2.45) is 0 Å². The van der Waals surface area contributed by atoms with E-state index in [1.165, 1.54) is 61.0 Å². The number of hydrogen-bond donors (Lipinski definition) is 0. The van der Waals surface area contributed by atoms with E-state index in [1.54, 1.807) is 0 Å². The molecule has 0 saturated carbocycles. The van der Waals surface area contributed by atoms with Crippen molar-refractivity contribution < 1.29 is 0 Å². The van der Waals surface area contributed by atoms with Crippen molar-refractivity contribution in [3.63, 3.8) is 0 Å². The van der Waals surface area contributed by atoms with Gasteiger partial charge in [-0.1, -0.05) is 135 Å². The molecule has 0 aromatic heterocycles. The molecule has 7 aromatic rings. The third kappa shape index (κ3) is 4.32. The Hall–Kier alpha value is -5.40. The Kier molecular flexibility index (Phi) is 6.20. The SMILES string of the molecule is CC1(C)c2ccccc2-c2cc3c(N(c4ccc(-c5ccccc5)cc4)c4ccc(-c5ccccc5)cc4)cccc3cc21. The average Bonchev–Trinajstić information content (AvgIpc) is 3.31. The summed E-state index contributed by atoms with van der Waals surface area (Å²) in [6.45, 7) is 4.70. The zero-order valence-corrected chi connectivity index (χ0v) is 25.0. The van der Waals surface area contributed by atoms with Crippen molar-refractivity contribution in [1.82, 2.24) is 0 Å². The summed E-state index contributed by atoms with van der Waals surface area (Å²) in [7, 11) is 0. The van der Waals surface area contributed by atoms with Gasteiger partial charge >= 0.3 is 0 Å². The number of nitrogens with zero attached hydrogens (tertiary/aromatic N) is 1. The lowest BCUT2D eigenvalue weighted by Gasteiger charge is -2.28. The summed E-state index contributed by atoms with van der Waals surface area (Å²) < 4.78 is 0. The number of hydrogen-bond acceptors (Lipinski definition) is 1. The van der Waals surface area contributed by atoms with E-state index in [-0.39, 0.29) is 5.41 Å². The lowest BCUT2D eigenvalue weighted by molar-refractivity contribution is 0.661. The molecular weight excluding hydrogens is 530 g/mol. The number of rotatable bonds is 5. The Morgan fingerprint density at radius 3 is 1.52 bits per heavy atom. The lowest BCUT2D eigenvalue weighted by Crippen LogP contribution is -2.15. The molecule has 8 rings (SSSR count). The Morgan fingerprint density at radius 1 is 0.409 bits per heavy atom. The van der Waals surface area contributed by atoms with Gasteiger partial charge in [0.15, 0.2) is 0 Å². The van der Waals surface area contributed by atoms with Crippen molar-refractivity contribution in [2.45, 2.75) is 19.3 Å². The number of fused-ring (bicyclic) bond motifs is 4. The fourth-order valence-corrected chi connectivity index (χ4v) is 6.95. The highest BCUT2D eigenvalue weighted by Gasteiger charge is 2.35. The van der Waals surface area contributed by atoms with Crippen molar-refractivity contribution in [3.05, 3.63) is 175 Å². The van der Waals surface area contributed by atoms with Crippen LogP contribution in [0.5, 0.6) is 0 Å². The van der Waals surface area contributed by atoms with Gasteiger partial charge in [0.05, 0.1) is 5.69 Å². The van der Waals surface area contributed by atoms with Crippen LogP contribution in [0, 0.1) is 0 Å². The van der Waals surface area contributed by atoms with Gasteiger partial charge < -0.3 is 4.90 Å². The molecule has 0 atom stereocenters. The van der Waals surface area contributed by atoms with Gasteiger partial charge in [-0.05, 0) is 92.4 Å². The molecule has 44 heavy (non-hydrogen) atoms. The number of benzene rings is 7. The molecule has 1 heteroatoms. The maximum Gasteiger partial charge on any atom is 0.0540 e. The van der Waals surface area contributed by atoms with Gasteiger partial charge in [-0.2, -0.15) is 0 Å². The fourth-order valence-electron chi connectivity index (χ4n) is 6.95. The first-order chi connectivity index (χ1) is 21.6. The maximum atomic E-state index is 2.43. The second kappa shape index (κ2) is 10.4. The molecule has 0 spiro atoms. The summed E-state index contributed by atoms with van der Waals surface area (Å²) in [4.78, 5) is 2.41. The van der Waals surface area contributed by atoms with E-state index in [1.807, 2.05) is 0 Å². The van der Waals surface area contributed by atoms with Crippen molar-refractivity contribution in [1.29, 1.82) is 0 Å². The highest BCUT2D eigenvalue weighted by Crippen LogP contribution is 2.51. The van der Waals surface area contributed by atoms with Crippen LogP contribution >= 0.6 is 0 Å². The highest BCUT2D eigenvalue weighted by atomic mass is 15.1. The van der Waals surface area contributed by atoms with Gasteiger partial charge in [0, 0.05) is 22.2 Å². The Labute approximate surface area is 259 Å². The minimum atomic E-state index is -0.0314. The molecule has 7 aromatic carbocycles. The molecular formula is C43H33N. The first-order valence-electron chi connectivity index (χ1n) is 15.4. The second-order valence-corrected chi connectivity index (χ2v) is 12.2. The summed E-state index contributed by atoms with van der Waals surface area (Å²) in [6.07, 6.45) is 0. The summed E-state index contributed by atoms with van der Waals surface area (Å²) >= 11 is 0. The predicted octanol–water partition coefficient (Wildman–Crippen LogP) is 11.9. The highest BCUT2D eigenvalue weighted by molar-refractivity contribution is 6.03. The molecule has 0 bridgehead atoms. The van der Waals surface area contributed by atoms with Gasteiger partial charge in [0.2, 0.25) is 0 Å². The molecule has 0 amide bonds. The third-order valence-corrected chi connectivity index (χ3v) is 9.27. The van der Waals surface area contributed by atoms with E-state index >= 15 is 0 Å². The zero-order valence-electron chi connectivity index (χ0n) is 25.0. The van der Waals surface area contributed by atoms with Crippen LogP contribution in [-0.2, 0) is 5.41 Å². The van der Waals surface area contributed by atoms with E-state index < -0.39 is 0 Å². The van der Waals surface area contributed by atoms with E-state index in [4.69, 9.17) is 0 Å². The molecule has 1 aliphatic rings. The predicted molar refractivity (Wildman–Crippen MR) is 187 cm³/mol. The first-order valence-corrected chi connectivity index (χ1v) is 15.4. The average molecular weight is 564 g/mol. The molecule has 0 aliphatic heterocycles. The van der Waals surface area contributed by atoms with Crippen LogP contribution < -0.4 is 4.90 Å². The van der Waals surface area contributed by atoms with Gasteiger partial charge in [0.25, 0.3) is 0 Å². The topological polar surface area (TPSA) is 3.24 Å². The number of anilines is 3. The molecule has 0 saturated heterocycles. The smallest absolute Gasteiger partial charge is 0.0540 e. The van der Waals surface area contributed by atoms with E-state index in [0.717, 1.165) is 11.4 Å². The third-order valence-electron chi connectivity index (χ3n) is 9.27. The van der Waals surface area contributed by atoms with Crippen molar-refractivity contribution >= 4 is 27.8 Å². The Balaban J connectivity index is 1.31. The van der Waals surface area contributed by atoms with Crippen LogP contribution in [0.1, 0.15) is 25.0 Å². The normalized spacial score (nSPS) is 13.0. The van der Waals surface area contributed by atoms with Gasteiger partial charge in [0.1, 0.15) is 0 Å². The maximum absolute atomic E-state index is 2.43. The van der Waals surface area contributed by atoms with Gasteiger partial charge in [-0.15, -0.1) is 0 Å². The lowest BCUT2D eigenvalue weighted by atomic mass is 9.82. The summed E-state index contributed by atoms with van der Waals surface area (Å²) in [5.41, 5.74) is 13.7. The summed E-state index contributed by atoms with van der Waals surface area (Å²) in [6, 6.07) is 59.6. The molecule has 0 heterocycles. The van der Waals surface area contributed by atoms with Crippen molar-refractivity contribution in [2.75, 3.05) is 4.90 Å². The fraction of sp³-hybridized carbons (Fsp3) is 0.0698. The summed E-state index contributed by atoms with van der Waals surface area (Å²) in [5, 5.41) is 2.51. The van der Waals surface area contributed by atoms with Crippen LogP contribution in [0.4, 0.5) is 17.1 Å². The molecule has 210 valence electrons. The van der Waals surface area contributed by atoms with Crippen LogP contribution in [0.15, 0.2) is 164 Å². The van der Waals surface area contributed by atoms with Crippen LogP contribution in [0.2, 0.25) is 0 Å². The monoisotopic (exact) mass is 563 g/mol. The summed E-state index contributed by atoms with van der Waals surface area (Å²) in [5.74, 6) is 0. The molecule has 1 nitrogen and oxygen atoms in total. The van der Waals surface area contributed by atoms with Crippen LogP contribution in [0.25, 0.3) is 44.2 Å². The second-order valence-electron chi connectivity index (χ2n) is 12.2. The molecule has 0 N–H and O–H groups in total. The first kappa shape index (κ1) is 26.2. The van der Waals surface area contributed by atoms with Gasteiger partial charge in [-0.3, -0.25) is 0 Å². The minimum absolute atomic E-state index is 0.0314. The van der Waals surface area contributed by atoms with E-state index in [0.29, 0.717) is 0 Å². The minimum Gasteiger partial charge on any atom is -0.310 e.